The summed E-state index contributed by atoms with van der Waals surface area (Å²) in [7, 11) is 1.59. The fourth-order valence-electron chi connectivity index (χ4n) is 2.05. The van der Waals surface area contributed by atoms with Gasteiger partial charge >= 0.3 is 0 Å². The predicted octanol–water partition coefficient (Wildman–Crippen LogP) is 1.94. The van der Waals surface area contributed by atoms with E-state index in [-0.39, 0.29) is 12.1 Å². The standard InChI is InChI=1S/C16H14FN5O2/c1-24-12-4-2-10(3-5-12)15-20-14(21-22-15)9-19-16(23)11-6-7-18-13(17)8-11/h2-8H,9H2,1H3,(H,19,23)(H,20,21,22). The minimum atomic E-state index is -0.705. The van der Waals surface area contributed by atoms with Gasteiger partial charge in [-0.3, -0.25) is 9.89 Å². The largest absolute Gasteiger partial charge is 0.497 e. The molecule has 8 heteroatoms. The Morgan fingerprint density at radius 3 is 2.79 bits per heavy atom. The van der Waals surface area contributed by atoms with Gasteiger partial charge in [-0.05, 0) is 30.3 Å². The van der Waals surface area contributed by atoms with Gasteiger partial charge in [0, 0.05) is 23.4 Å². The van der Waals surface area contributed by atoms with Gasteiger partial charge < -0.3 is 10.1 Å². The third-order valence-electron chi connectivity index (χ3n) is 3.29. The van der Waals surface area contributed by atoms with Crippen LogP contribution in [-0.2, 0) is 6.54 Å². The molecule has 0 saturated carbocycles. The number of aromatic nitrogens is 4. The molecule has 0 unspecified atom stereocenters. The Balaban J connectivity index is 1.64. The lowest BCUT2D eigenvalue weighted by molar-refractivity contribution is 0.0949. The molecule has 0 radical (unpaired) electrons. The van der Waals surface area contributed by atoms with Crippen molar-refractivity contribution >= 4 is 5.91 Å². The Hall–Kier alpha value is -3.29. The number of methoxy groups -OCH3 is 1. The molecular formula is C16H14FN5O2. The van der Waals surface area contributed by atoms with Crippen LogP contribution in [0.5, 0.6) is 5.75 Å². The van der Waals surface area contributed by atoms with Crippen molar-refractivity contribution < 1.29 is 13.9 Å². The monoisotopic (exact) mass is 327 g/mol. The van der Waals surface area contributed by atoms with Gasteiger partial charge in [-0.2, -0.15) is 9.49 Å². The summed E-state index contributed by atoms with van der Waals surface area (Å²) < 4.78 is 18.1. The second-order valence-electron chi connectivity index (χ2n) is 4.88. The highest BCUT2D eigenvalue weighted by Gasteiger charge is 2.10. The van der Waals surface area contributed by atoms with Gasteiger partial charge in [0.25, 0.3) is 5.91 Å². The average molecular weight is 327 g/mol. The first-order valence-electron chi connectivity index (χ1n) is 7.11. The van der Waals surface area contributed by atoms with E-state index < -0.39 is 11.9 Å². The van der Waals surface area contributed by atoms with E-state index in [1.165, 1.54) is 12.3 Å². The highest BCUT2D eigenvalue weighted by Crippen LogP contribution is 2.18. The lowest BCUT2D eigenvalue weighted by Crippen LogP contribution is -2.23. The van der Waals surface area contributed by atoms with Crippen molar-refractivity contribution in [1.82, 2.24) is 25.5 Å². The maximum atomic E-state index is 13.0. The van der Waals surface area contributed by atoms with E-state index >= 15 is 0 Å². The number of amides is 1. The molecule has 1 amide bonds. The Labute approximate surface area is 136 Å². The smallest absolute Gasteiger partial charge is 0.251 e. The summed E-state index contributed by atoms with van der Waals surface area (Å²) in [4.78, 5) is 19.7. The van der Waals surface area contributed by atoms with Gasteiger partial charge in [-0.15, -0.1) is 0 Å². The molecular weight excluding hydrogens is 313 g/mol. The molecule has 2 aromatic heterocycles. The van der Waals surface area contributed by atoms with Crippen LogP contribution in [0.4, 0.5) is 4.39 Å². The normalized spacial score (nSPS) is 10.4. The first kappa shape index (κ1) is 15.6. The number of benzene rings is 1. The zero-order chi connectivity index (χ0) is 16.9. The van der Waals surface area contributed by atoms with Crippen molar-refractivity contribution in [1.29, 1.82) is 0 Å². The zero-order valence-corrected chi connectivity index (χ0v) is 12.8. The van der Waals surface area contributed by atoms with Gasteiger partial charge in [0.15, 0.2) is 5.82 Å². The Morgan fingerprint density at radius 2 is 2.08 bits per heavy atom. The number of nitrogens with zero attached hydrogens (tertiary/aromatic N) is 3. The fourth-order valence-corrected chi connectivity index (χ4v) is 2.05. The molecule has 7 nitrogen and oxygen atoms in total. The van der Waals surface area contributed by atoms with Crippen LogP contribution in [0.25, 0.3) is 11.4 Å². The fraction of sp³-hybridized carbons (Fsp3) is 0.125. The molecule has 0 aliphatic rings. The molecule has 0 saturated heterocycles. The summed E-state index contributed by atoms with van der Waals surface area (Å²) >= 11 is 0. The second-order valence-corrected chi connectivity index (χ2v) is 4.88. The minimum Gasteiger partial charge on any atom is -0.497 e. The number of halogens is 1. The number of nitrogens with one attached hydrogen (secondary N) is 2. The Kier molecular flexibility index (Phi) is 4.46. The summed E-state index contributed by atoms with van der Waals surface area (Å²) in [5.41, 5.74) is 1.01. The van der Waals surface area contributed by atoms with Crippen molar-refractivity contribution in [3.63, 3.8) is 0 Å². The highest BCUT2D eigenvalue weighted by molar-refractivity contribution is 5.93. The van der Waals surface area contributed by atoms with Crippen LogP contribution in [0.15, 0.2) is 42.6 Å². The second kappa shape index (κ2) is 6.86. The number of rotatable bonds is 5. The molecule has 0 aliphatic heterocycles. The maximum Gasteiger partial charge on any atom is 0.251 e. The lowest BCUT2D eigenvalue weighted by Gasteiger charge is -2.02. The molecule has 1 aromatic carbocycles. The molecule has 0 bridgehead atoms. The van der Waals surface area contributed by atoms with Gasteiger partial charge in [0.1, 0.15) is 11.6 Å². The van der Waals surface area contributed by atoms with E-state index in [0.717, 1.165) is 17.4 Å². The van der Waals surface area contributed by atoms with Crippen LogP contribution in [0.3, 0.4) is 0 Å². The van der Waals surface area contributed by atoms with Gasteiger partial charge in [-0.1, -0.05) is 0 Å². The molecule has 3 aromatic rings. The van der Waals surface area contributed by atoms with E-state index in [0.29, 0.717) is 11.6 Å². The maximum absolute atomic E-state index is 13.0. The third kappa shape index (κ3) is 3.54. The zero-order valence-electron chi connectivity index (χ0n) is 12.8. The van der Waals surface area contributed by atoms with E-state index in [1.54, 1.807) is 7.11 Å². The third-order valence-corrected chi connectivity index (χ3v) is 3.29. The molecule has 24 heavy (non-hydrogen) atoms. The molecule has 0 fully saturated rings. The Morgan fingerprint density at radius 1 is 1.29 bits per heavy atom. The van der Waals surface area contributed by atoms with E-state index in [1.807, 2.05) is 24.3 Å². The van der Waals surface area contributed by atoms with Crippen LogP contribution in [0, 0.1) is 5.95 Å². The SMILES string of the molecule is COc1ccc(-c2n[nH]c(CNC(=O)c3ccnc(F)c3)n2)cc1. The molecule has 2 heterocycles. The number of pyridine rings is 1. The number of carbonyl (C=O) groups excluding carboxylic acids is 1. The summed E-state index contributed by atoms with van der Waals surface area (Å²) in [6.45, 7) is 0.145. The van der Waals surface area contributed by atoms with E-state index in [4.69, 9.17) is 4.74 Å². The molecule has 0 aliphatic carbocycles. The van der Waals surface area contributed by atoms with Crippen molar-refractivity contribution in [3.05, 3.63) is 59.9 Å². The van der Waals surface area contributed by atoms with Gasteiger partial charge in [-0.25, -0.2) is 9.97 Å². The van der Waals surface area contributed by atoms with Gasteiger partial charge in [0.2, 0.25) is 5.95 Å². The van der Waals surface area contributed by atoms with Crippen molar-refractivity contribution in [3.8, 4) is 17.1 Å². The predicted molar refractivity (Wildman–Crippen MR) is 83.7 cm³/mol. The van der Waals surface area contributed by atoms with Crippen LogP contribution in [0.1, 0.15) is 16.2 Å². The molecule has 3 rings (SSSR count). The van der Waals surface area contributed by atoms with E-state index in [2.05, 4.69) is 25.5 Å². The van der Waals surface area contributed by atoms with Crippen LogP contribution < -0.4 is 10.1 Å². The molecule has 122 valence electrons. The van der Waals surface area contributed by atoms with Crippen LogP contribution >= 0.6 is 0 Å². The topological polar surface area (TPSA) is 92.8 Å². The molecule has 0 spiro atoms. The Bertz CT molecular complexity index is 848. The molecule has 0 atom stereocenters. The first-order chi connectivity index (χ1) is 11.7. The molecule has 2 N–H and O–H groups in total. The minimum absolute atomic E-state index is 0.145. The first-order valence-corrected chi connectivity index (χ1v) is 7.11. The number of H-pyrrole nitrogens is 1. The van der Waals surface area contributed by atoms with Crippen LogP contribution in [-0.4, -0.2) is 33.2 Å². The van der Waals surface area contributed by atoms with E-state index in [9.17, 15) is 9.18 Å². The quantitative estimate of drug-likeness (QED) is 0.699. The summed E-state index contributed by atoms with van der Waals surface area (Å²) in [6, 6.07) is 9.80. The highest BCUT2D eigenvalue weighted by atomic mass is 19.1. The number of aromatic amines is 1. The summed E-state index contributed by atoms with van der Waals surface area (Å²) in [5, 5.41) is 9.50. The number of hydrogen-bond acceptors (Lipinski definition) is 5. The number of ether oxygens (including phenoxy) is 1. The number of hydrogen-bond donors (Lipinski definition) is 2. The van der Waals surface area contributed by atoms with Crippen molar-refractivity contribution in [2.45, 2.75) is 6.54 Å². The number of carbonyl (C=O) groups is 1. The van der Waals surface area contributed by atoms with Crippen molar-refractivity contribution in [2.75, 3.05) is 7.11 Å². The van der Waals surface area contributed by atoms with Crippen molar-refractivity contribution in [2.24, 2.45) is 0 Å². The summed E-state index contributed by atoms with van der Waals surface area (Å²) in [5.74, 6) is 0.620. The lowest BCUT2D eigenvalue weighted by atomic mass is 10.2. The van der Waals surface area contributed by atoms with Crippen LogP contribution in [0.2, 0.25) is 0 Å². The van der Waals surface area contributed by atoms with Gasteiger partial charge in [0.05, 0.1) is 13.7 Å². The average Bonchev–Trinajstić information content (AvgIpc) is 3.09. The summed E-state index contributed by atoms with van der Waals surface area (Å²) in [6.07, 6.45) is 1.24.